The quantitative estimate of drug-likeness (QED) is 0.286. The highest BCUT2D eigenvalue weighted by molar-refractivity contribution is 6.16. The van der Waals surface area contributed by atoms with Crippen LogP contribution in [0.2, 0.25) is 0 Å². The summed E-state index contributed by atoms with van der Waals surface area (Å²) in [6.45, 7) is 7.72. The Balaban J connectivity index is 1.75. The molecule has 182 valence electrons. The lowest BCUT2D eigenvalue weighted by molar-refractivity contribution is 0.563. The highest BCUT2D eigenvalue weighted by Gasteiger charge is 2.26. The van der Waals surface area contributed by atoms with E-state index in [-0.39, 0.29) is 11.6 Å². The van der Waals surface area contributed by atoms with Crippen LogP contribution in [0, 0.1) is 24.0 Å². The minimum Gasteiger partial charge on any atom is -0.388 e. The Bertz CT molecular complexity index is 1300. The number of pyridine rings is 1. The van der Waals surface area contributed by atoms with E-state index >= 15 is 0 Å². The fraction of sp³-hybridized carbons (Fsp3) is 0.286. The third kappa shape index (κ3) is 4.82. The molecule has 4 N–H and O–H groups in total. The molecule has 1 aliphatic rings. The molecule has 35 heavy (non-hydrogen) atoms. The van der Waals surface area contributed by atoms with Gasteiger partial charge in [-0.05, 0) is 54.8 Å². The minimum atomic E-state index is -0.644. The van der Waals surface area contributed by atoms with Gasteiger partial charge in [0.15, 0.2) is 0 Å². The van der Waals surface area contributed by atoms with Gasteiger partial charge in [-0.2, -0.15) is 0 Å². The van der Waals surface area contributed by atoms with Crippen LogP contribution in [0.3, 0.4) is 0 Å². The third-order valence-electron chi connectivity index (χ3n) is 6.57. The van der Waals surface area contributed by atoms with Crippen molar-refractivity contribution in [2.24, 2.45) is 0 Å². The van der Waals surface area contributed by atoms with Crippen molar-refractivity contribution in [1.29, 1.82) is 5.41 Å². The van der Waals surface area contributed by atoms with Crippen molar-refractivity contribution in [3.8, 4) is 11.1 Å². The van der Waals surface area contributed by atoms with Crippen molar-refractivity contribution in [3.05, 3.63) is 88.4 Å². The zero-order chi connectivity index (χ0) is 25.1. The number of rotatable bonds is 8. The Hall–Kier alpha value is -3.58. The Kier molecular flexibility index (Phi) is 7.26. The van der Waals surface area contributed by atoms with Gasteiger partial charge in [0.2, 0.25) is 0 Å². The van der Waals surface area contributed by atoms with Crippen LogP contribution in [-0.4, -0.2) is 24.3 Å². The molecular formula is C28H31F2N5. The van der Waals surface area contributed by atoms with E-state index in [9.17, 15) is 8.78 Å². The zero-order valence-corrected chi connectivity index (χ0v) is 20.5. The summed E-state index contributed by atoms with van der Waals surface area (Å²) in [5, 5.41) is 18.7. The molecule has 0 radical (unpaired) electrons. The second-order valence-electron chi connectivity index (χ2n) is 8.71. The Morgan fingerprint density at radius 2 is 1.94 bits per heavy atom. The average Bonchev–Trinajstić information content (AvgIpc) is 2.86. The molecule has 4 rings (SSSR count). The molecule has 0 saturated heterocycles. The summed E-state index contributed by atoms with van der Waals surface area (Å²) in [6, 6.07) is 8.14. The van der Waals surface area contributed by atoms with E-state index in [1.54, 1.807) is 0 Å². The van der Waals surface area contributed by atoms with Gasteiger partial charge in [0, 0.05) is 66.0 Å². The Labute approximate surface area is 205 Å². The fourth-order valence-electron chi connectivity index (χ4n) is 4.58. The summed E-state index contributed by atoms with van der Waals surface area (Å²) in [5.41, 5.74) is 7.28. The third-order valence-corrected chi connectivity index (χ3v) is 6.57. The number of allylic oxidation sites excluding steroid dienone is 2. The number of anilines is 2. The van der Waals surface area contributed by atoms with E-state index in [0.717, 1.165) is 47.1 Å². The van der Waals surface area contributed by atoms with Gasteiger partial charge in [0.25, 0.3) is 0 Å². The summed E-state index contributed by atoms with van der Waals surface area (Å²) in [6.07, 6.45) is 6.22. The molecule has 1 aliphatic heterocycles. The molecule has 0 bridgehead atoms. The monoisotopic (exact) mass is 475 g/mol. The highest BCUT2D eigenvalue weighted by Crippen LogP contribution is 2.38. The lowest BCUT2D eigenvalue weighted by atomic mass is 9.88. The molecule has 1 unspecified atom stereocenters. The first-order valence-electron chi connectivity index (χ1n) is 11.9. The van der Waals surface area contributed by atoms with Crippen LogP contribution in [0.15, 0.2) is 54.5 Å². The standard InChI is InChI=1S/C28H31F2N5/c1-5-17-10-26(35-25-12-20(29)11-23(30)27(17)25)28(31)21-9-18(7-8-24(21)32-4)22-15-34-14-19(16(22)3)13-33-6-2/h7-12,14-15,17,31-33,35H,5-6,13H2,1-4H3. The first kappa shape index (κ1) is 24.5. The highest BCUT2D eigenvalue weighted by atomic mass is 19.1. The lowest BCUT2D eigenvalue weighted by Crippen LogP contribution is -2.21. The van der Waals surface area contributed by atoms with Crippen molar-refractivity contribution >= 4 is 17.1 Å². The van der Waals surface area contributed by atoms with E-state index in [2.05, 4.69) is 34.8 Å². The zero-order valence-electron chi connectivity index (χ0n) is 20.5. The number of fused-ring (bicyclic) bond motifs is 1. The molecule has 0 amide bonds. The van der Waals surface area contributed by atoms with Crippen LogP contribution in [0.25, 0.3) is 11.1 Å². The second-order valence-corrected chi connectivity index (χ2v) is 8.71. The SMILES string of the molecule is CCNCc1cncc(-c2ccc(NC)c(C(=N)C3=CC(CC)c4c(F)cc(F)cc4N3)c2)c1C. The molecule has 7 heteroatoms. The maximum absolute atomic E-state index is 14.5. The summed E-state index contributed by atoms with van der Waals surface area (Å²) >= 11 is 0. The predicted octanol–water partition coefficient (Wildman–Crippen LogP) is 6.36. The van der Waals surface area contributed by atoms with Crippen molar-refractivity contribution in [2.75, 3.05) is 24.2 Å². The van der Waals surface area contributed by atoms with E-state index in [0.29, 0.717) is 28.9 Å². The predicted molar refractivity (Wildman–Crippen MR) is 139 cm³/mol. The van der Waals surface area contributed by atoms with Gasteiger partial charge < -0.3 is 16.0 Å². The van der Waals surface area contributed by atoms with Crippen LogP contribution in [0.5, 0.6) is 0 Å². The molecule has 1 aromatic heterocycles. The molecule has 3 aromatic rings. The van der Waals surface area contributed by atoms with Crippen LogP contribution < -0.4 is 16.0 Å². The van der Waals surface area contributed by atoms with Crippen molar-refractivity contribution in [3.63, 3.8) is 0 Å². The molecular weight excluding hydrogens is 444 g/mol. The summed E-state index contributed by atoms with van der Waals surface area (Å²) in [4.78, 5) is 4.44. The smallest absolute Gasteiger partial charge is 0.131 e. The molecule has 0 fully saturated rings. The fourth-order valence-corrected chi connectivity index (χ4v) is 4.58. The van der Waals surface area contributed by atoms with Gasteiger partial charge in [-0.3, -0.25) is 10.4 Å². The number of aromatic nitrogens is 1. The number of nitrogens with zero attached hydrogens (tertiary/aromatic N) is 1. The molecule has 5 nitrogen and oxygen atoms in total. The van der Waals surface area contributed by atoms with Crippen molar-refractivity contribution in [1.82, 2.24) is 10.3 Å². The maximum atomic E-state index is 14.5. The van der Waals surface area contributed by atoms with Crippen LogP contribution >= 0.6 is 0 Å². The van der Waals surface area contributed by atoms with Crippen molar-refractivity contribution < 1.29 is 8.78 Å². The van der Waals surface area contributed by atoms with Gasteiger partial charge in [0.1, 0.15) is 11.6 Å². The number of benzene rings is 2. The topological polar surface area (TPSA) is 72.8 Å². The summed E-state index contributed by atoms with van der Waals surface area (Å²) in [5.74, 6) is -1.47. The average molecular weight is 476 g/mol. The number of nitrogens with one attached hydrogen (secondary N) is 4. The van der Waals surface area contributed by atoms with Crippen molar-refractivity contribution in [2.45, 2.75) is 39.7 Å². The minimum absolute atomic E-state index is 0.249. The van der Waals surface area contributed by atoms with Gasteiger partial charge in [-0.15, -0.1) is 0 Å². The van der Waals surface area contributed by atoms with E-state index in [1.165, 1.54) is 6.07 Å². The van der Waals surface area contributed by atoms with Gasteiger partial charge >= 0.3 is 0 Å². The first-order chi connectivity index (χ1) is 16.9. The normalized spacial score (nSPS) is 14.7. The first-order valence-corrected chi connectivity index (χ1v) is 11.9. The van der Waals surface area contributed by atoms with E-state index in [1.807, 2.05) is 50.6 Å². The summed E-state index contributed by atoms with van der Waals surface area (Å²) < 4.78 is 28.5. The molecule has 2 heterocycles. The summed E-state index contributed by atoms with van der Waals surface area (Å²) in [7, 11) is 1.81. The Morgan fingerprint density at radius 1 is 1.14 bits per heavy atom. The van der Waals surface area contributed by atoms with E-state index in [4.69, 9.17) is 5.41 Å². The molecule has 1 atom stereocenters. The van der Waals surface area contributed by atoms with Crippen LogP contribution in [0.1, 0.15) is 48.4 Å². The van der Waals surface area contributed by atoms with Gasteiger partial charge in [-0.1, -0.05) is 26.0 Å². The largest absolute Gasteiger partial charge is 0.388 e. The van der Waals surface area contributed by atoms with Gasteiger partial charge in [-0.25, -0.2) is 8.78 Å². The number of halogens is 2. The molecule has 0 spiro atoms. The Morgan fingerprint density at radius 3 is 2.66 bits per heavy atom. The van der Waals surface area contributed by atoms with Crippen LogP contribution in [0.4, 0.5) is 20.2 Å². The molecule has 2 aromatic carbocycles. The molecule has 0 aliphatic carbocycles. The second kappa shape index (κ2) is 10.4. The van der Waals surface area contributed by atoms with E-state index < -0.39 is 11.6 Å². The molecule has 0 saturated carbocycles. The maximum Gasteiger partial charge on any atom is 0.131 e. The number of hydrogen-bond donors (Lipinski definition) is 4. The van der Waals surface area contributed by atoms with Gasteiger partial charge in [0.05, 0.1) is 11.4 Å². The van der Waals surface area contributed by atoms with Crippen LogP contribution in [-0.2, 0) is 6.54 Å². The lowest BCUT2D eigenvalue weighted by Gasteiger charge is -2.27. The number of hydrogen-bond acceptors (Lipinski definition) is 5.